The molecule has 0 bridgehead atoms. The van der Waals surface area contributed by atoms with Crippen LogP contribution in [-0.4, -0.2) is 77.0 Å². The third-order valence-electron chi connectivity index (χ3n) is 5.53. The number of benzene rings is 2. The number of anilines is 1. The summed E-state index contributed by atoms with van der Waals surface area (Å²) in [4.78, 5) is 22.3. The second kappa shape index (κ2) is 10.2. The Morgan fingerprint density at radius 2 is 2.00 bits per heavy atom. The molecule has 33 heavy (non-hydrogen) atoms. The summed E-state index contributed by atoms with van der Waals surface area (Å²) in [5, 5.41) is 0.579. The van der Waals surface area contributed by atoms with Gasteiger partial charge in [-0.25, -0.2) is 13.4 Å². The molecule has 176 valence electrons. The minimum Gasteiger partial charge on any atom is -0.497 e. The highest BCUT2D eigenvalue weighted by Crippen LogP contribution is 2.32. The Bertz CT molecular complexity index is 1240. The number of carbonyl (C=O) groups excluding carboxylic acids is 1. The quantitative estimate of drug-likeness (QED) is 0.480. The standard InChI is InChI=1S/C23H27N3O5S2/c1-30-18-7-8-21-20(16-18)24-23(32-21)26(10-4-9-25-11-13-31-14-12-25)22(27)17-5-3-6-19(15-17)33(2,28)29/h3,5-8,15-16H,4,9-14H2,1-2H3. The molecule has 1 aromatic heterocycles. The van der Waals surface area contributed by atoms with Crippen LogP contribution in [0.2, 0.25) is 0 Å². The molecule has 0 saturated carbocycles. The van der Waals surface area contributed by atoms with E-state index in [9.17, 15) is 13.2 Å². The molecule has 1 aliphatic rings. The van der Waals surface area contributed by atoms with Gasteiger partial charge in [0.15, 0.2) is 15.0 Å². The fraction of sp³-hybridized carbons (Fsp3) is 0.391. The van der Waals surface area contributed by atoms with Crippen molar-refractivity contribution in [3.05, 3.63) is 48.0 Å². The van der Waals surface area contributed by atoms with E-state index < -0.39 is 9.84 Å². The summed E-state index contributed by atoms with van der Waals surface area (Å²) in [5.41, 5.74) is 1.08. The molecule has 1 saturated heterocycles. The number of hydrogen-bond acceptors (Lipinski definition) is 8. The van der Waals surface area contributed by atoms with Crippen LogP contribution in [0.4, 0.5) is 5.13 Å². The van der Waals surface area contributed by atoms with Crippen LogP contribution in [0.5, 0.6) is 5.75 Å². The molecule has 0 spiro atoms. The molecular weight excluding hydrogens is 462 g/mol. The maximum absolute atomic E-state index is 13.5. The fourth-order valence-electron chi connectivity index (χ4n) is 3.71. The van der Waals surface area contributed by atoms with Gasteiger partial charge in [0.25, 0.3) is 5.91 Å². The third kappa shape index (κ3) is 5.70. The van der Waals surface area contributed by atoms with E-state index in [1.165, 1.54) is 23.5 Å². The molecular formula is C23H27N3O5S2. The predicted molar refractivity (Wildman–Crippen MR) is 129 cm³/mol. The Hall–Kier alpha value is -2.53. The van der Waals surface area contributed by atoms with Crippen LogP contribution < -0.4 is 9.64 Å². The normalized spacial score (nSPS) is 15.0. The van der Waals surface area contributed by atoms with Gasteiger partial charge in [0.1, 0.15) is 5.75 Å². The van der Waals surface area contributed by atoms with Gasteiger partial charge in [-0.15, -0.1) is 0 Å². The molecule has 4 rings (SSSR count). The number of hydrogen-bond donors (Lipinski definition) is 0. The molecule has 10 heteroatoms. The topological polar surface area (TPSA) is 89.0 Å². The van der Waals surface area contributed by atoms with Gasteiger partial charge in [-0.2, -0.15) is 0 Å². The number of morpholine rings is 1. The van der Waals surface area contributed by atoms with Gasteiger partial charge in [-0.05, 0) is 36.8 Å². The monoisotopic (exact) mass is 489 g/mol. The van der Waals surface area contributed by atoms with Crippen molar-refractivity contribution in [2.24, 2.45) is 0 Å². The number of rotatable bonds is 8. The van der Waals surface area contributed by atoms with E-state index in [4.69, 9.17) is 14.5 Å². The molecule has 8 nitrogen and oxygen atoms in total. The van der Waals surface area contributed by atoms with E-state index in [-0.39, 0.29) is 10.8 Å². The summed E-state index contributed by atoms with van der Waals surface area (Å²) in [6.07, 6.45) is 1.90. The second-order valence-electron chi connectivity index (χ2n) is 7.89. The van der Waals surface area contributed by atoms with Gasteiger partial charge in [-0.3, -0.25) is 14.6 Å². The molecule has 1 amide bonds. The Balaban J connectivity index is 1.62. The number of nitrogens with zero attached hydrogens (tertiary/aromatic N) is 3. The molecule has 1 aliphatic heterocycles. The first-order valence-corrected chi connectivity index (χ1v) is 13.4. The van der Waals surface area contributed by atoms with Crippen molar-refractivity contribution in [2.75, 3.05) is 57.7 Å². The minimum absolute atomic E-state index is 0.121. The highest BCUT2D eigenvalue weighted by atomic mass is 32.2. The molecule has 3 aromatic rings. The van der Waals surface area contributed by atoms with Crippen LogP contribution in [0.15, 0.2) is 47.4 Å². The van der Waals surface area contributed by atoms with Gasteiger partial charge in [0.2, 0.25) is 0 Å². The van der Waals surface area contributed by atoms with E-state index in [1.807, 2.05) is 18.2 Å². The minimum atomic E-state index is -3.43. The van der Waals surface area contributed by atoms with Gasteiger partial charge < -0.3 is 9.47 Å². The summed E-state index contributed by atoms with van der Waals surface area (Å²) < 4.78 is 35.7. The van der Waals surface area contributed by atoms with Crippen molar-refractivity contribution in [3.8, 4) is 5.75 Å². The zero-order valence-electron chi connectivity index (χ0n) is 18.7. The van der Waals surface area contributed by atoms with Gasteiger partial charge in [0, 0.05) is 44.1 Å². The number of methoxy groups -OCH3 is 1. The van der Waals surface area contributed by atoms with E-state index in [2.05, 4.69) is 4.90 Å². The zero-order valence-corrected chi connectivity index (χ0v) is 20.3. The lowest BCUT2D eigenvalue weighted by Crippen LogP contribution is -2.39. The van der Waals surface area contributed by atoms with E-state index >= 15 is 0 Å². The molecule has 0 N–H and O–H groups in total. The molecule has 0 radical (unpaired) electrons. The smallest absolute Gasteiger partial charge is 0.260 e. The first kappa shape index (κ1) is 23.6. The molecule has 2 aromatic carbocycles. The molecule has 1 fully saturated rings. The number of sulfone groups is 1. The molecule has 0 atom stereocenters. The Morgan fingerprint density at radius 3 is 2.73 bits per heavy atom. The van der Waals surface area contributed by atoms with Crippen molar-refractivity contribution >= 4 is 42.4 Å². The van der Waals surface area contributed by atoms with Gasteiger partial charge in [-0.1, -0.05) is 17.4 Å². The Morgan fingerprint density at radius 1 is 1.21 bits per heavy atom. The van der Waals surface area contributed by atoms with Crippen LogP contribution in [0.1, 0.15) is 16.8 Å². The average Bonchev–Trinajstić information content (AvgIpc) is 3.24. The first-order valence-electron chi connectivity index (χ1n) is 10.7. The lowest BCUT2D eigenvalue weighted by Gasteiger charge is -2.27. The van der Waals surface area contributed by atoms with Crippen LogP contribution in [0.3, 0.4) is 0 Å². The summed E-state index contributed by atoms with van der Waals surface area (Å²) in [7, 11) is -1.82. The van der Waals surface area contributed by atoms with Crippen molar-refractivity contribution in [1.82, 2.24) is 9.88 Å². The van der Waals surface area contributed by atoms with Crippen molar-refractivity contribution in [2.45, 2.75) is 11.3 Å². The highest BCUT2D eigenvalue weighted by molar-refractivity contribution is 7.90. The maximum Gasteiger partial charge on any atom is 0.260 e. The lowest BCUT2D eigenvalue weighted by atomic mass is 10.2. The number of fused-ring (bicyclic) bond motifs is 1. The predicted octanol–water partition coefficient (Wildman–Crippen LogP) is 3.08. The maximum atomic E-state index is 13.5. The van der Waals surface area contributed by atoms with E-state index in [1.54, 1.807) is 24.1 Å². The fourth-order valence-corrected chi connectivity index (χ4v) is 5.35. The van der Waals surface area contributed by atoms with Gasteiger partial charge >= 0.3 is 0 Å². The van der Waals surface area contributed by atoms with Crippen LogP contribution in [-0.2, 0) is 14.6 Å². The molecule has 0 aliphatic carbocycles. The second-order valence-corrected chi connectivity index (χ2v) is 10.9. The molecule has 2 heterocycles. The highest BCUT2D eigenvalue weighted by Gasteiger charge is 2.23. The summed E-state index contributed by atoms with van der Waals surface area (Å²) in [5.74, 6) is 0.430. The Labute approximate surface area is 197 Å². The summed E-state index contributed by atoms with van der Waals surface area (Å²) in [6.45, 7) is 4.52. The van der Waals surface area contributed by atoms with Crippen molar-refractivity contribution in [1.29, 1.82) is 0 Å². The number of amides is 1. The van der Waals surface area contributed by atoms with E-state index in [0.29, 0.717) is 23.0 Å². The van der Waals surface area contributed by atoms with Gasteiger partial charge in [0.05, 0.1) is 35.4 Å². The van der Waals surface area contributed by atoms with Crippen LogP contribution in [0, 0.1) is 0 Å². The summed E-state index contributed by atoms with van der Waals surface area (Å²) in [6, 6.07) is 11.8. The SMILES string of the molecule is COc1ccc2sc(N(CCCN3CCOCC3)C(=O)c3cccc(S(C)(=O)=O)c3)nc2c1. The van der Waals surface area contributed by atoms with Crippen molar-refractivity contribution < 1.29 is 22.7 Å². The van der Waals surface area contributed by atoms with Crippen LogP contribution >= 0.6 is 11.3 Å². The lowest BCUT2D eigenvalue weighted by molar-refractivity contribution is 0.0376. The Kier molecular flexibility index (Phi) is 7.28. The number of aromatic nitrogens is 1. The summed E-state index contributed by atoms with van der Waals surface area (Å²) >= 11 is 1.43. The largest absolute Gasteiger partial charge is 0.497 e. The number of ether oxygens (including phenoxy) is 2. The zero-order chi connectivity index (χ0) is 23.4. The molecule has 0 unspecified atom stereocenters. The van der Waals surface area contributed by atoms with Crippen LogP contribution in [0.25, 0.3) is 10.2 Å². The average molecular weight is 490 g/mol. The van der Waals surface area contributed by atoms with E-state index in [0.717, 1.165) is 55.7 Å². The number of thiazole rings is 1. The van der Waals surface area contributed by atoms with Crippen molar-refractivity contribution in [3.63, 3.8) is 0 Å². The third-order valence-corrected chi connectivity index (χ3v) is 7.70. The first-order chi connectivity index (χ1) is 15.8. The number of carbonyl (C=O) groups is 1.